The van der Waals surface area contributed by atoms with E-state index in [4.69, 9.17) is 4.42 Å². The van der Waals surface area contributed by atoms with E-state index >= 15 is 0 Å². The highest BCUT2D eigenvalue weighted by molar-refractivity contribution is 8.18. The number of hydrogen-bond donors (Lipinski definition) is 2. The topological polar surface area (TPSA) is 109 Å². The molecule has 1 atom stereocenters. The summed E-state index contributed by atoms with van der Waals surface area (Å²) in [7, 11) is 0. The van der Waals surface area contributed by atoms with Gasteiger partial charge in [0.2, 0.25) is 5.91 Å². The van der Waals surface area contributed by atoms with Crippen LogP contribution in [-0.2, 0) is 9.59 Å². The highest BCUT2D eigenvalue weighted by atomic mass is 32.2. The van der Waals surface area contributed by atoms with Crippen molar-refractivity contribution in [2.75, 3.05) is 13.1 Å². The Bertz CT molecular complexity index is 940. The maximum absolute atomic E-state index is 12.4. The van der Waals surface area contributed by atoms with Crippen molar-refractivity contribution in [1.82, 2.24) is 15.5 Å². The Kier molecular flexibility index (Phi) is 6.50. The molecule has 1 aliphatic rings. The number of carbonyl (C=O) groups excluding carboxylic acids is 4. The summed E-state index contributed by atoms with van der Waals surface area (Å²) >= 11 is 0.867. The minimum absolute atomic E-state index is 0.0430. The van der Waals surface area contributed by atoms with Crippen LogP contribution in [0.5, 0.6) is 0 Å². The van der Waals surface area contributed by atoms with E-state index in [1.165, 1.54) is 19.3 Å². The number of nitrogens with one attached hydrogen (secondary N) is 2. The van der Waals surface area contributed by atoms with E-state index in [1.54, 1.807) is 12.1 Å². The molecular formula is C20H19N3O5S. The van der Waals surface area contributed by atoms with Gasteiger partial charge in [0, 0.05) is 13.1 Å². The van der Waals surface area contributed by atoms with Gasteiger partial charge >= 0.3 is 0 Å². The molecule has 2 aromatic rings. The number of nitrogens with zero attached hydrogens (tertiary/aromatic N) is 1. The summed E-state index contributed by atoms with van der Waals surface area (Å²) < 4.78 is 4.97. The van der Waals surface area contributed by atoms with Crippen LogP contribution in [0.25, 0.3) is 6.08 Å². The number of furan rings is 1. The quantitative estimate of drug-likeness (QED) is 0.674. The molecule has 29 heavy (non-hydrogen) atoms. The van der Waals surface area contributed by atoms with Gasteiger partial charge in [0.15, 0.2) is 5.76 Å². The minimum atomic E-state index is -0.805. The monoisotopic (exact) mass is 413 g/mol. The second-order valence-electron chi connectivity index (χ2n) is 6.21. The van der Waals surface area contributed by atoms with Gasteiger partial charge in [-0.05, 0) is 42.5 Å². The molecule has 8 nitrogen and oxygen atoms in total. The number of thioether (sulfide) groups is 1. The van der Waals surface area contributed by atoms with E-state index in [1.807, 2.05) is 30.3 Å². The second kappa shape index (κ2) is 9.24. The van der Waals surface area contributed by atoms with Crippen LogP contribution in [-0.4, -0.2) is 47.0 Å². The van der Waals surface area contributed by atoms with E-state index in [9.17, 15) is 19.2 Å². The average Bonchev–Trinajstić information content (AvgIpc) is 3.33. The lowest BCUT2D eigenvalue weighted by atomic mass is 10.2. The van der Waals surface area contributed by atoms with Crippen molar-refractivity contribution in [3.05, 3.63) is 65.0 Å². The van der Waals surface area contributed by atoms with Crippen molar-refractivity contribution >= 4 is 40.8 Å². The van der Waals surface area contributed by atoms with Crippen LogP contribution in [0.2, 0.25) is 0 Å². The Morgan fingerprint density at radius 2 is 1.93 bits per heavy atom. The predicted octanol–water partition coefficient (Wildman–Crippen LogP) is 2.25. The summed E-state index contributed by atoms with van der Waals surface area (Å²) in [5.41, 5.74) is 0.826. The molecule has 0 radical (unpaired) electrons. The van der Waals surface area contributed by atoms with Crippen molar-refractivity contribution in [2.24, 2.45) is 0 Å². The lowest BCUT2D eigenvalue weighted by molar-refractivity contribution is -0.124. The Morgan fingerprint density at radius 1 is 1.17 bits per heavy atom. The molecule has 1 aliphatic heterocycles. The van der Waals surface area contributed by atoms with Crippen molar-refractivity contribution < 1.29 is 23.6 Å². The van der Waals surface area contributed by atoms with Gasteiger partial charge in [0.05, 0.1) is 11.2 Å². The third kappa shape index (κ3) is 5.14. The number of rotatable bonds is 7. The van der Waals surface area contributed by atoms with Gasteiger partial charge in [0.1, 0.15) is 6.04 Å². The molecule has 0 aliphatic carbocycles. The molecule has 0 bridgehead atoms. The smallest absolute Gasteiger partial charge is 0.293 e. The van der Waals surface area contributed by atoms with Crippen LogP contribution >= 0.6 is 11.8 Å². The Hall–Kier alpha value is -3.33. The zero-order valence-corrected chi connectivity index (χ0v) is 16.4. The minimum Gasteiger partial charge on any atom is -0.459 e. The van der Waals surface area contributed by atoms with Crippen molar-refractivity contribution in [3.63, 3.8) is 0 Å². The predicted molar refractivity (Wildman–Crippen MR) is 108 cm³/mol. The van der Waals surface area contributed by atoms with Crippen molar-refractivity contribution in [3.8, 4) is 0 Å². The van der Waals surface area contributed by atoms with E-state index in [0.717, 1.165) is 22.2 Å². The first-order chi connectivity index (χ1) is 14.0. The van der Waals surface area contributed by atoms with Crippen molar-refractivity contribution in [2.45, 2.75) is 13.0 Å². The van der Waals surface area contributed by atoms with Crippen LogP contribution < -0.4 is 10.6 Å². The van der Waals surface area contributed by atoms with E-state index < -0.39 is 23.8 Å². The molecule has 1 aromatic carbocycles. The summed E-state index contributed by atoms with van der Waals surface area (Å²) in [6.45, 7) is 1.65. The van der Waals surface area contributed by atoms with Crippen molar-refractivity contribution in [1.29, 1.82) is 0 Å². The Balaban J connectivity index is 1.49. The van der Waals surface area contributed by atoms with Crippen LogP contribution in [0.3, 0.4) is 0 Å². The molecule has 9 heteroatoms. The van der Waals surface area contributed by atoms with Crippen LogP contribution in [0.15, 0.2) is 58.1 Å². The third-order valence-electron chi connectivity index (χ3n) is 4.09. The fourth-order valence-electron chi connectivity index (χ4n) is 2.58. The van der Waals surface area contributed by atoms with E-state index in [2.05, 4.69) is 10.6 Å². The molecule has 0 saturated carbocycles. The number of imide groups is 1. The molecule has 150 valence electrons. The Morgan fingerprint density at radius 3 is 2.62 bits per heavy atom. The summed E-state index contributed by atoms with van der Waals surface area (Å²) in [5, 5.41) is 4.73. The van der Waals surface area contributed by atoms with Gasteiger partial charge < -0.3 is 15.1 Å². The molecule has 2 N–H and O–H groups in total. The molecule has 1 fully saturated rings. The maximum Gasteiger partial charge on any atom is 0.293 e. The summed E-state index contributed by atoms with van der Waals surface area (Å²) in [5.74, 6) is -1.23. The van der Waals surface area contributed by atoms with Gasteiger partial charge in [-0.3, -0.25) is 24.1 Å². The maximum atomic E-state index is 12.4. The molecule has 2 heterocycles. The van der Waals surface area contributed by atoms with Gasteiger partial charge in [-0.15, -0.1) is 0 Å². The molecule has 1 aromatic heterocycles. The Labute approximate surface area is 171 Å². The number of benzene rings is 1. The fraction of sp³-hybridized carbons (Fsp3) is 0.200. The molecule has 4 amide bonds. The highest BCUT2D eigenvalue weighted by Gasteiger charge is 2.34. The first-order valence-electron chi connectivity index (χ1n) is 8.88. The van der Waals surface area contributed by atoms with Gasteiger partial charge in [-0.25, -0.2) is 0 Å². The van der Waals surface area contributed by atoms with E-state index in [-0.39, 0.29) is 24.1 Å². The normalized spacial score (nSPS) is 16.2. The standard InChI is InChI=1S/C20H19N3O5S/c1-13(22-18(25)15-8-5-11-28-15)17(24)21-9-10-23-19(26)16(29-20(23)27)12-14-6-3-2-4-7-14/h2-8,11-13H,9-10H2,1H3,(H,21,24)(H,22,25)/b16-12-/t13-/m0/s1. The fourth-order valence-corrected chi connectivity index (χ4v) is 3.44. The largest absolute Gasteiger partial charge is 0.459 e. The first-order valence-corrected chi connectivity index (χ1v) is 9.70. The lowest BCUT2D eigenvalue weighted by Crippen LogP contribution is -2.46. The zero-order valence-electron chi connectivity index (χ0n) is 15.6. The molecule has 3 rings (SSSR count). The van der Waals surface area contributed by atoms with Crippen LogP contribution in [0.1, 0.15) is 23.0 Å². The van der Waals surface area contributed by atoms with Crippen LogP contribution in [0.4, 0.5) is 4.79 Å². The lowest BCUT2D eigenvalue weighted by Gasteiger charge is -2.16. The molecule has 0 spiro atoms. The number of hydrogen-bond acceptors (Lipinski definition) is 6. The molecule has 0 unspecified atom stereocenters. The third-order valence-corrected chi connectivity index (χ3v) is 5.00. The van der Waals surface area contributed by atoms with Gasteiger partial charge in [-0.1, -0.05) is 30.3 Å². The summed E-state index contributed by atoms with van der Waals surface area (Å²) in [6, 6.07) is 11.5. The molecule has 1 saturated heterocycles. The second-order valence-corrected chi connectivity index (χ2v) is 7.20. The highest BCUT2D eigenvalue weighted by Crippen LogP contribution is 2.31. The van der Waals surface area contributed by atoms with E-state index in [0.29, 0.717) is 4.91 Å². The SMILES string of the molecule is C[C@H](NC(=O)c1ccco1)C(=O)NCCN1C(=O)S/C(=C\c2ccccc2)C1=O. The molecular weight excluding hydrogens is 394 g/mol. The zero-order chi connectivity index (χ0) is 20.8. The average molecular weight is 413 g/mol. The van der Waals surface area contributed by atoms with Crippen LogP contribution in [0, 0.1) is 0 Å². The number of amides is 4. The van der Waals surface area contributed by atoms with Gasteiger partial charge in [0.25, 0.3) is 17.1 Å². The summed E-state index contributed by atoms with van der Waals surface area (Å²) in [6.07, 6.45) is 3.03. The summed E-state index contributed by atoms with van der Waals surface area (Å²) in [4.78, 5) is 50.0. The first kappa shape index (κ1) is 20.4. The number of carbonyl (C=O) groups is 4. The van der Waals surface area contributed by atoms with Gasteiger partial charge in [-0.2, -0.15) is 0 Å².